The molecule has 0 aromatic heterocycles. The van der Waals surface area contributed by atoms with E-state index in [-0.39, 0.29) is 6.04 Å². The molecule has 0 fully saturated rings. The third-order valence-corrected chi connectivity index (χ3v) is 1.60. The standard InChI is InChI=1S/C8H13N3/c1-5(9)7-4-6(10)2-3-8(7)11/h2-5H,9-11H2,1H3/t5-/m1/s1. The van der Waals surface area contributed by atoms with Gasteiger partial charge in [0.15, 0.2) is 0 Å². The zero-order valence-corrected chi connectivity index (χ0v) is 6.54. The fourth-order valence-electron chi connectivity index (χ4n) is 0.988. The molecule has 0 radical (unpaired) electrons. The molecule has 3 heteroatoms. The van der Waals surface area contributed by atoms with Gasteiger partial charge in [0.05, 0.1) is 0 Å². The number of rotatable bonds is 1. The minimum atomic E-state index is -0.0569. The van der Waals surface area contributed by atoms with E-state index in [1.807, 2.05) is 6.92 Å². The molecule has 3 nitrogen and oxygen atoms in total. The Kier molecular flexibility index (Phi) is 2.01. The van der Waals surface area contributed by atoms with Gasteiger partial charge in [-0.1, -0.05) is 0 Å². The van der Waals surface area contributed by atoms with Crippen LogP contribution in [-0.2, 0) is 0 Å². The summed E-state index contributed by atoms with van der Waals surface area (Å²) in [5.74, 6) is 0. The number of nitrogens with two attached hydrogens (primary N) is 3. The maximum atomic E-state index is 5.65. The van der Waals surface area contributed by atoms with Crippen molar-refractivity contribution in [3.63, 3.8) is 0 Å². The van der Waals surface area contributed by atoms with Gasteiger partial charge in [0.25, 0.3) is 0 Å². The van der Waals surface area contributed by atoms with Crippen molar-refractivity contribution in [2.75, 3.05) is 11.5 Å². The molecule has 0 aliphatic heterocycles. The number of nitrogen functional groups attached to an aromatic ring is 2. The molecule has 1 atom stereocenters. The summed E-state index contributed by atoms with van der Waals surface area (Å²) in [6, 6.07) is 5.29. The van der Waals surface area contributed by atoms with E-state index in [9.17, 15) is 0 Å². The highest BCUT2D eigenvalue weighted by Crippen LogP contribution is 2.20. The van der Waals surface area contributed by atoms with Crippen LogP contribution in [0.5, 0.6) is 0 Å². The first-order chi connectivity index (χ1) is 5.11. The molecule has 0 spiro atoms. The second kappa shape index (κ2) is 2.80. The van der Waals surface area contributed by atoms with Crippen LogP contribution in [0.2, 0.25) is 0 Å². The maximum absolute atomic E-state index is 5.65. The van der Waals surface area contributed by atoms with E-state index >= 15 is 0 Å². The molecular formula is C8H13N3. The monoisotopic (exact) mass is 151 g/mol. The van der Waals surface area contributed by atoms with E-state index in [2.05, 4.69) is 0 Å². The fourth-order valence-corrected chi connectivity index (χ4v) is 0.988. The topological polar surface area (TPSA) is 78.1 Å². The lowest BCUT2D eigenvalue weighted by Gasteiger charge is -2.09. The second-order valence-electron chi connectivity index (χ2n) is 2.68. The molecule has 0 amide bonds. The quantitative estimate of drug-likeness (QED) is 0.521. The van der Waals surface area contributed by atoms with Crippen LogP contribution < -0.4 is 17.2 Å². The Balaban J connectivity index is 3.13. The molecule has 1 aromatic carbocycles. The van der Waals surface area contributed by atoms with Crippen LogP contribution in [0, 0.1) is 0 Å². The Labute approximate surface area is 66.2 Å². The normalized spacial score (nSPS) is 12.9. The van der Waals surface area contributed by atoms with Gasteiger partial charge in [0.1, 0.15) is 0 Å². The van der Waals surface area contributed by atoms with Gasteiger partial charge in [-0.05, 0) is 30.7 Å². The van der Waals surface area contributed by atoms with Crippen LogP contribution >= 0.6 is 0 Å². The summed E-state index contributed by atoms with van der Waals surface area (Å²) in [5.41, 5.74) is 19.2. The van der Waals surface area contributed by atoms with E-state index in [1.54, 1.807) is 18.2 Å². The van der Waals surface area contributed by atoms with Crippen LogP contribution in [0.4, 0.5) is 11.4 Å². The molecule has 0 bridgehead atoms. The first kappa shape index (κ1) is 7.88. The van der Waals surface area contributed by atoms with Gasteiger partial charge in [-0.2, -0.15) is 0 Å². The fraction of sp³-hybridized carbons (Fsp3) is 0.250. The molecule has 60 valence electrons. The highest BCUT2D eigenvalue weighted by Gasteiger charge is 2.03. The van der Waals surface area contributed by atoms with E-state index < -0.39 is 0 Å². The molecule has 0 saturated heterocycles. The van der Waals surface area contributed by atoms with E-state index in [1.165, 1.54) is 0 Å². The van der Waals surface area contributed by atoms with Crippen molar-refractivity contribution in [3.05, 3.63) is 23.8 Å². The van der Waals surface area contributed by atoms with Crippen molar-refractivity contribution < 1.29 is 0 Å². The molecule has 1 aromatic rings. The number of hydrogen-bond acceptors (Lipinski definition) is 3. The lowest BCUT2D eigenvalue weighted by atomic mass is 10.1. The minimum Gasteiger partial charge on any atom is -0.399 e. The van der Waals surface area contributed by atoms with Crippen molar-refractivity contribution in [2.24, 2.45) is 5.73 Å². The van der Waals surface area contributed by atoms with Crippen LogP contribution in [0.3, 0.4) is 0 Å². The smallest absolute Gasteiger partial charge is 0.0363 e. The Morgan fingerprint density at radius 3 is 2.36 bits per heavy atom. The molecular weight excluding hydrogens is 138 g/mol. The molecule has 1 rings (SSSR count). The average Bonchev–Trinajstić information content (AvgIpc) is 1.94. The van der Waals surface area contributed by atoms with Gasteiger partial charge >= 0.3 is 0 Å². The van der Waals surface area contributed by atoms with Crippen molar-refractivity contribution >= 4 is 11.4 Å². The first-order valence-electron chi connectivity index (χ1n) is 3.51. The van der Waals surface area contributed by atoms with E-state index in [4.69, 9.17) is 17.2 Å². The Bertz CT molecular complexity index is 256. The van der Waals surface area contributed by atoms with Crippen molar-refractivity contribution in [1.29, 1.82) is 0 Å². The van der Waals surface area contributed by atoms with Crippen LogP contribution in [0.25, 0.3) is 0 Å². The molecule has 0 unspecified atom stereocenters. The lowest BCUT2D eigenvalue weighted by Crippen LogP contribution is -2.08. The van der Waals surface area contributed by atoms with Crippen molar-refractivity contribution in [3.8, 4) is 0 Å². The molecule has 0 saturated carbocycles. The zero-order valence-electron chi connectivity index (χ0n) is 6.54. The highest BCUT2D eigenvalue weighted by molar-refractivity contribution is 5.56. The summed E-state index contributed by atoms with van der Waals surface area (Å²) in [7, 11) is 0. The molecule has 0 heterocycles. The number of benzene rings is 1. The summed E-state index contributed by atoms with van der Waals surface area (Å²) < 4.78 is 0. The predicted molar refractivity (Wildman–Crippen MR) is 47.9 cm³/mol. The van der Waals surface area contributed by atoms with Crippen LogP contribution in [-0.4, -0.2) is 0 Å². The summed E-state index contributed by atoms with van der Waals surface area (Å²) >= 11 is 0. The first-order valence-corrected chi connectivity index (χ1v) is 3.51. The molecule has 11 heavy (non-hydrogen) atoms. The third kappa shape index (κ3) is 1.62. The van der Waals surface area contributed by atoms with Crippen LogP contribution in [0.15, 0.2) is 18.2 Å². The molecule has 0 aliphatic carbocycles. The average molecular weight is 151 g/mol. The van der Waals surface area contributed by atoms with Gasteiger partial charge in [0.2, 0.25) is 0 Å². The minimum absolute atomic E-state index is 0.0569. The summed E-state index contributed by atoms with van der Waals surface area (Å²) in [6.07, 6.45) is 0. The third-order valence-electron chi connectivity index (χ3n) is 1.60. The van der Waals surface area contributed by atoms with Gasteiger partial charge in [-0.25, -0.2) is 0 Å². The second-order valence-corrected chi connectivity index (χ2v) is 2.68. The predicted octanol–water partition coefficient (Wildman–Crippen LogP) is 0.871. The van der Waals surface area contributed by atoms with E-state index in [0.717, 1.165) is 5.56 Å². The Hall–Kier alpha value is -1.22. The zero-order chi connectivity index (χ0) is 8.43. The Morgan fingerprint density at radius 1 is 1.27 bits per heavy atom. The van der Waals surface area contributed by atoms with Gasteiger partial charge in [0, 0.05) is 17.4 Å². The summed E-state index contributed by atoms with van der Waals surface area (Å²) in [6.45, 7) is 1.88. The highest BCUT2D eigenvalue weighted by atomic mass is 14.7. The summed E-state index contributed by atoms with van der Waals surface area (Å²) in [5, 5.41) is 0. The lowest BCUT2D eigenvalue weighted by molar-refractivity contribution is 0.822. The number of anilines is 2. The van der Waals surface area contributed by atoms with Crippen molar-refractivity contribution in [2.45, 2.75) is 13.0 Å². The van der Waals surface area contributed by atoms with Crippen molar-refractivity contribution in [1.82, 2.24) is 0 Å². The Morgan fingerprint density at radius 2 is 1.91 bits per heavy atom. The van der Waals surface area contributed by atoms with Crippen LogP contribution in [0.1, 0.15) is 18.5 Å². The SMILES string of the molecule is C[C@@H](N)c1cc(N)ccc1N. The van der Waals surface area contributed by atoms with Gasteiger partial charge in [-0.15, -0.1) is 0 Å². The maximum Gasteiger partial charge on any atom is 0.0363 e. The van der Waals surface area contributed by atoms with Gasteiger partial charge in [-0.3, -0.25) is 0 Å². The summed E-state index contributed by atoms with van der Waals surface area (Å²) in [4.78, 5) is 0. The van der Waals surface area contributed by atoms with Gasteiger partial charge < -0.3 is 17.2 Å². The number of hydrogen-bond donors (Lipinski definition) is 3. The largest absolute Gasteiger partial charge is 0.399 e. The molecule has 0 aliphatic rings. The molecule has 6 N–H and O–H groups in total. The van der Waals surface area contributed by atoms with E-state index in [0.29, 0.717) is 11.4 Å².